The minimum atomic E-state index is -0.197. The van der Waals surface area contributed by atoms with E-state index in [-0.39, 0.29) is 9.58 Å². The molecular formula is C11H15IO2. The molecule has 14 heavy (non-hydrogen) atoms. The van der Waals surface area contributed by atoms with Crippen molar-refractivity contribution in [2.24, 2.45) is 11.8 Å². The Morgan fingerprint density at radius 3 is 2.86 bits per heavy atom. The van der Waals surface area contributed by atoms with Crippen molar-refractivity contribution in [2.45, 2.75) is 36.2 Å². The lowest BCUT2D eigenvalue weighted by molar-refractivity contribution is -0.146. The van der Waals surface area contributed by atoms with E-state index in [0.29, 0.717) is 5.92 Å². The number of hydrogen-bond acceptors (Lipinski definition) is 2. The van der Waals surface area contributed by atoms with Gasteiger partial charge in [-0.2, -0.15) is 0 Å². The minimum absolute atomic E-state index is 0.186. The number of carbonyl (C=O) groups is 1. The Labute approximate surface area is 98.2 Å². The molecule has 2 bridgehead atoms. The lowest BCUT2D eigenvalue weighted by atomic mass is 9.98. The molecule has 0 radical (unpaired) electrons. The van der Waals surface area contributed by atoms with Crippen LogP contribution < -0.4 is 0 Å². The molecule has 2 aliphatic rings. The summed E-state index contributed by atoms with van der Waals surface area (Å²) in [7, 11) is 0. The summed E-state index contributed by atoms with van der Waals surface area (Å²) in [4.78, 5) is 11.4. The van der Waals surface area contributed by atoms with Gasteiger partial charge in [0.1, 0.15) is 0 Å². The first-order valence-electron chi connectivity index (χ1n) is 5.18. The van der Waals surface area contributed by atoms with Gasteiger partial charge in [-0.05, 0) is 61.1 Å². The molecule has 3 unspecified atom stereocenters. The summed E-state index contributed by atoms with van der Waals surface area (Å²) in [5.41, 5.74) is 0. The Morgan fingerprint density at radius 1 is 1.57 bits per heavy atom. The zero-order valence-corrected chi connectivity index (χ0v) is 10.5. The Hall–Kier alpha value is -0.0600. The van der Waals surface area contributed by atoms with Crippen LogP contribution in [-0.2, 0) is 9.53 Å². The summed E-state index contributed by atoms with van der Waals surface area (Å²) in [5.74, 6) is 1.21. The minimum Gasteiger partial charge on any atom is -0.445 e. The van der Waals surface area contributed by atoms with E-state index < -0.39 is 0 Å². The van der Waals surface area contributed by atoms with Crippen molar-refractivity contribution in [1.82, 2.24) is 0 Å². The molecule has 0 amide bonds. The Morgan fingerprint density at radius 2 is 2.36 bits per heavy atom. The lowest BCUT2D eigenvalue weighted by Gasteiger charge is -2.31. The molecular weight excluding hydrogens is 291 g/mol. The highest BCUT2D eigenvalue weighted by Crippen LogP contribution is 2.55. The van der Waals surface area contributed by atoms with Gasteiger partial charge in [-0.1, -0.05) is 6.08 Å². The van der Waals surface area contributed by atoms with Crippen molar-refractivity contribution in [3.8, 4) is 0 Å². The molecule has 2 fully saturated rings. The molecule has 0 N–H and O–H groups in total. The van der Waals surface area contributed by atoms with E-state index in [9.17, 15) is 4.79 Å². The quantitative estimate of drug-likeness (QED) is 0.339. The van der Waals surface area contributed by atoms with Crippen LogP contribution in [0.2, 0.25) is 0 Å². The Bertz CT molecular complexity index is 274. The van der Waals surface area contributed by atoms with Crippen LogP contribution in [0.25, 0.3) is 0 Å². The lowest BCUT2D eigenvalue weighted by Crippen LogP contribution is -2.33. The average Bonchev–Trinajstić information content (AvgIpc) is 2.62. The SMILES string of the molecule is C/C=C/C(=O)OC1(I)CC2CCC1C2. The summed E-state index contributed by atoms with van der Waals surface area (Å²) in [5, 5.41) is 0. The number of esters is 1. The van der Waals surface area contributed by atoms with E-state index in [1.807, 2.05) is 6.92 Å². The molecule has 3 atom stereocenters. The molecule has 0 aromatic carbocycles. The Balaban J connectivity index is 2.00. The second-order valence-corrected chi connectivity index (χ2v) is 6.11. The molecule has 2 nitrogen and oxygen atoms in total. The number of ether oxygens (including phenoxy) is 1. The van der Waals surface area contributed by atoms with Gasteiger partial charge >= 0.3 is 5.97 Å². The third kappa shape index (κ3) is 1.83. The fourth-order valence-corrected chi connectivity index (χ4v) is 4.08. The smallest absolute Gasteiger partial charge is 0.331 e. The molecule has 2 aliphatic carbocycles. The standard InChI is InChI=1S/C11H15IO2/c1-2-3-10(13)14-11(12)7-8-4-5-9(11)6-8/h2-3,8-9H,4-7H2,1H3/b3-2+. The summed E-state index contributed by atoms with van der Waals surface area (Å²) in [6, 6.07) is 0. The summed E-state index contributed by atoms with van der Waals surface area (Å²) in [6.45, 7) is 1.84. The van der Waals surface area contributed by atoms with Crippen molar-refractivity contribution in [2.75, 3.05) is 0 Å². The van der Waals surface area contributed by atoms with Gasteiger partial charge in [0.05, 0.1) is 0 Å². The van der Waals surface area contributed by atoms with Gasteiger partial charge < -0.3 is 4.74 Å². The number of hydrogen-bond donors (Lipinski definition) is 0. The zero-order chi connectivity index (χ0) is 10.2. The molecule has 2 rings (SSSR count). The molecule has 0 aromatic heterocycles. The maximum Gasteiger partial charge on any atom is 0.331 e. The van der Waals surface area contributed by atoms with Crippen LogP contribution >= 0.6 is 22.6 Å². The molecule has 78 valence electrons. The number of halogens is 1. The van der Waals surface area contributed by atoms with Gasteiger partial charge in [0.2, 0.25) is 0 Å². The maximum atomic E-state index is 11.4. The predicted molar refractivity (Wildman–Crippen MR) is 63.1 cm³/mol. The largest absolute Gasteiger partial charge is 0.445 e. The van der Waals surface area contributed by atoms with E-state index in [1.54, 1.807) is 6.08 Å². The molecule has 2 saturated carbocycles. The second kappa shape index (κ2) is 3.83. The van der Waals surface area contributed by atoms with Crippen molar-refractivity contribution in [3.05, 3.63) is 12.2 Å². The van der Waals surface area contributed by atoms with E-state index in [4.69, 9.17) is 4.74 Å². The highest BCUT2D eigenvalue weighted by Gasteiger charge is 2.51. The van der Waals surface area contributed by atoms with Gasteiger partial charge in [0.15, 0.2) is 3.61 Å². The highest BCUT2D eigenvalue weighted by molar-refractivity contribution is 14.1. The summed E-state index contributed by atoms with van der Waals surface area (Å²) < 4.78 is 5.34. The van der Waals surface area contributed by atoms with Crippen LogP contribution in [0.5, 0.6) is 0 Å². The number of allylic oxidation sites excluding steroid dienone is 1. The molecule has 0 aliphatic heterocycles. The Kier molecular flexibility index (Phi) is 2.86. The zero-order valence-electron chi connectivity index (χ0n) is 8.33. The first-order chi connectivity index (χ1) is 6.64. The first-order valence-corrected chi connectivity index (χ1v) is 6.26. The van der Waals surface area contributed by atoms with Crippen molar-refractivity contribution < 1.29 is 9.53 Å². The van der Waals surface area contributed by atoms with Gasteiger partial charge in [-0.25, -0.2) is 4.79 Å². The van der Waals surface area contributed by atoms with Crippen LogP contribution in [0.1, 0.15) is 32.6 Å². The molecule has 0 heterocycles. The number of fused-ring (bicyclic) bond motifs is 2. The van der Waals surface area contributed by atoms with E-state index in [1.165, 1.54) is 25.3 Å². The predicted octanol–water partition coefficient (Wildman–Crippen LogP) is 3.06. The van der Waals surface area contributed by atoms with Crippen LogP contribution in [-0.4, -0.2) is 9.58 Å². The van der Waals surface area contributed by atoms with Crippen molar-refractivity contribution in [3.63, 3.8) is 0 Å². The maximum absolute atomic E-state index is 11.4. The monoisotopic (exact) mass is 306 g/mol. The van der Waals surface area contributed by atoms with Gasteiger partial charge in [-0.3, -0.25) is 0 Å². The summed E-state index contributed by atoms with van der Waals surface area (Å²) >= 11 is 2.34. The summed E-state index contributed by atoms with van der Waals surface area (Å²) in [6.07, 6.45) is 8.11. The number of rotatable bonds is 2. The highest BCUT2D eigenvalue weighted by atomic mass is 127. The third-order valence-electron chi connectivity index (χ3n) is 3.29. The third-order valence-corrected chi connectivity index (χ3v) is 4.83. The van der Waals surface area contributed by atoms with E-state index in [0.717, 1.165) is 12.3 Å². The topological polar surface area (TPSA) is 26.3 Å². The fourth-order valence-electron chi connectivity index (χ4n) is 2.67. The first kappa shape index (κ1) is 10.5. The fraction of sp³-hybridized carbons (Fsp3) is 0.727. The molecule has 0 saturated heterocycles. The number of carbonyl (C=O) groups excluding carboxylic acids is 1. The van der Waals surface area contributed by atoms with Crippen LogP contribution in [0.15, 0.2) is 12.2 Å². The van der Waals surface area contributed by atoms with Crippen LogP contribution in [0, 0.1) is 11.8 Å². The van der Waals surface area contributed by atoms with Crippen molar-refractivity contribution >= 4 is 28.6 Å². The van der Waals surface area contributed by atoms with Gasteiger partial charge in [0.25, 0.3) is 0 Å². The number of alkyl halides is 1. The van der Waals surface area contributed by atoms with Crippen molar-refractivity contribution in [1.29, 1.82) is 0 Å². The molecule has 3 heteroatoms. The second-order valence-electron chi connectivity index (χ2n) is 4.29. The van der Waals surface area contributed by atoms with Crippen LogP contribution in [0.4, 0.5) is 0 Å². The molecule has 0 spiro atoms. The molecule has 0 aromatic rings. The normalized spacial score (nSPS) is 40.7. The van der Waals surface area contributed by atoms with Gasteiger partial charge in [0, 0.05) is 12.0 Å². The van der Waals surface area contributed by atoms with E-state index >= 15 is 0 Å². The van der Waals surface area contributed by atoms with E-state index in [2.05, 4.69) is 22.6 Å². The van der Waals surface area contributed by atoms with Gasteiger partial charge in [-0.15, -0.1) is 0 Å². The average molecular weight is 306 g/mol. The van der Waals surface area contributed by atoms with Crippen LogP contribution in [0.3, 0.4) is 0 Å².